The molecule has 3 heteroatoms. The Labute approximate surface area is 72.5 Å². The van der Waals surface area contributed by atoms with E-state index >= 15 is 0 Å². The lowest BCUT2D eigenvalue weighted by Gasteiger charge is -2.07. The second kappa shape index (κ2) is 6.88. The van der Waals surface area contributed by atoms with Crippen LogP contribution in [0.5, 0.6) is 0 Å². The van der Waals surface area contributed by atoms with Crippen LogP contribution in [-0.2, 0) is 14.5 Å². The molecule has 0 amide bonds. The van der Waals surface area contributed by atoms with Gasteiger partial charge >= 0.3 is 0 Å². The first-order valence-corrected chi connectivity index (χ1v) is 4.18. The van der Waals surface area contributed by atoms with Crippen LogP contribution < -0.4 is 0 Å². The van der Waals surface area contributed by atoms with Gasteiger partial charge < -0.3 is 4.74 Å². The summed E-state index contributed by atoms with van der Waals surface area (Å²) in [4.78, 5) is 9.14. The third-order valence-corrected chi connectivity index (χ3v) is 1.40. The highest BCUT2D eigenvalue weighted by Crippen LogP contribution is 1.97. The van der Waals surface area contributed by atoms with Crippen molar-refractivity contribution in [2.45, 2.75) is 12.8 Å². The van der Waals surface area contributed by atoms with Crippen molar-refractivity contribution >= 4 is 0 Å². The van der Waals surface area contributed by atoms with E-state index in [4.69, 9.17) is 4.74 Å². The van der Waals surface area contributed by atoms with Crippen LogP contribution in [0.25, 0.3) is 0 Å². The van der Waals surface area contributed by atoms with Crippen LogP contribution in [0, 0.1) is 0 Å². The van der Waals surface area contributed by atoms with Crippen molar-refractivity contribution in [3.63, 3.8) is 0 Å². The molecule has 0 bridgehead atoms. The minimum absolute atomic E-state index is 0.733. The molecule has 1 saturated heterocycles. The molecule has 2 aliphatic heterocycles. The van der Waals surface area contributed by atoms with E-state index in [1.54, 1.807) is 6.26 Å². The van der Waals surface area contributed by atoms with Crippen LogP contribution in [0.3, 0.4) is 0 Å². The molecule has 0 N–H and O–H groups in total. The maximum absolute atomic E-state index is 4.80. The Morgan fingerprint density at radius 2 is 1.67 bits per heavy atom. The van der Waals surface area contributed by atoms with Crippen molar-refractivity contribution in [3.8, 4) is 0 Å². The standard InChI is InChI=1S/C5H6O.C4H8O2/c2*1-2-4-6-5-3-1/h1-4H,5H2;1-4H2. The zero-order valence-electron chi connectivity index (χ0n) is 7.07. The van der Waals surface area contributed by atoms with E-state index in [2.05, 4.69) is 9.78 Å². The predicted molar refractivity (Wildman–Crippen MR) is 45.4 cm³/mol. The predicted octanol–water partition coefficient (Wildman–Crippen LogP) is 1.81. The van der Waals surface area contributed by atoms with Crippen LogP contribution in [0.4, 0.5) is 0 Å². The van der Waals surface area contributed by atoms with Gasteiger partial charge in [-0.3, -0.25) is 0 Å². The molecule has 2 aliphatic rings. The van der Waals surface area contributed by atoms with Crippen molar-refractivity contribution in [1.29, 1.82) is 0 Å². The van der Waals surface area contributed by atoms with Gasteiger partial charge in [-0.15, -0.1) is 0 Å². The van der Waals surface area contributed by atoms with Crippen molar-refractivity contribution in [1.82, 2.24) is 0 Å². The Bertz CT molecular complexity index is 124. The first-order valence-electron chi connectivity index (χ1n) is 4.18. The minimum Gasteiger partial charge on any atom is -0.497 e. The Hall–Kier alpha value is -0.800. The molecule has 68 valence electrons. The van der Waals surface area contributed by atoms with Gasteiger partial charge in [-0.05, 0) is 25.0 Å². The number of hydrogen-bond donors (Lipinski definition) is 0. The lowest BCUT2D eigenvalue weighted by molar-refractivity contribution is -0.312. The highest BCUT2D eigenvalue weighted by Gasteiger charge is 1.95. The Balaban J connectivity index is 0.000000120. The summed E-state index contributed by atoms with van der Waals surface area (Å²) >= 11 is 0. The molecule has 0 radical (unpaired) electrons. The van der Waals surface area contributed by atoms with Gasteiger partial charge in [0.1, 0.15) is 6.61 Å². The monoisotopic (exact) mass is 170 g/mol. The van der Waals surface area contributed by atoms with E-state index in [1.165, 1.54) is 0 Å². The largest absolute Gasteiger partial charge is 0.497 e. The molecule has 2 heterocycles. The van der Waals surface area contributed by atoms with E-state index in [1.807, 2.05) is 18.2 Å². The van der Waals surface area contributed by atoms with Crippen molar-refractivity contribution in [2.24, 2.45) is 0 Å². The van der Waals surface area contributed by atoms with Crippen LogP contribution in [0.15, 0.2) is 24.5 Å². The van der Waals surface area contributed by atoms with Crippen LogP contribution in [-0.4, -0.2) is 19.8 Å². The molecule has 0 spiro atoms. The van der Waals surface area contributed by atoms with E-state index in [0.29, 0.717) is 0 Å². The summed E-state index contributed by atoms with van der Waals surface area (Å²) in [6.07, 6.45) is 9.77. The second-order valence-electron chi connectivity index (χ2n) is 2.44. The third kappa shape index (κ3) is 4.93. The fourth-order valence-corrected chi connectivity index (χ4v) is 0.786. The van der Waals surface area contributed by atoms with Crippen molar-refractivity contribution < 1.29 is 14.5 Å². The second-order valence-corrected chi connectivity index (χ2v) is 2.44. The molecule has 0 aromatic carbocycles. The normalized spacial score (nSPS) is 20.7. The number of rotatable bonds is 0. The van der Waals surface area contributed by atoms with Crippen LogP contribution in [0.1, 0.15) is 12.8 Å². The Morgan fingerprint density at radius 3 is 1.83 bits per heavy atom. The SMILES string of the molecule is C1=CCOC=C1.C1CCOOC1. The summed E-state index contributed by atoms with van der Waals surface area (Å²) in [5.74, 6) is 0. The van der Waals surface area contributed by atoms with Crippen LogP contribution in [0.2, 0.25) is 0 Å². The lowest BCUT2D eigenvalue weighted by Crippen LogP contribution is -2.05. The zero-order valence-corrected chi connectivity index (χ0v) is 7.07. The van der Waals surface area contributed by atoms with E-state index in [-0.39, 0.29) is 0 Å². The highest BCUT2D eigenvalue weighted by atomic mass is 17.2. The lowest BCUT2D eigenvalue weighted by atomic mass is 10.3. The maximum atomic E-state index is 4.80. The fourth-order valence-electron chi connectivity index (χ4n) is 0.786. The molecule has 1 fully saturated rings. The van der Waals surface area contributed by atoms with Gasteiger partial charge in [0.15, 0.2) is 0 Å². The van der Waals surface area contributed by atoms with E-state index < -0.39 is 0 Å². The summed E-state index contributed by atoms with van der Waals surface area (Å²) < 4.78 is 4.80. The highest BCUT2D eigenvalue weighted by molar-refractivity contribution is 5.02. The molecule has 0 atom stereocenters. The van der Waals surface area contributed by atoms with Gasteiger partial charge in [0.05, 0.1) is 19.5 Å². The number of hydrogen-bond acceptors (Lipinski definition) is 3. The smallest absolute Gasteiger partial charge is 0.106 e. The van der Waals surface area contributed by atoms with Crippen LogP contribution >= 0.6 is 0 Å². The minimum atomic E-state index is 0.733. The quantitative estimate of drug-likeness (QED) is 0.519. The van der Waals surface area contributed by atoms with Gasteiger partial charge in [-0.25, -0.2) is 9.78 Å². The topological polar surface area (TPSA) is 27.7 Å². The molecule has 3 nitrogen and oxygen atoms in total. The molecule has 12 heavy (non-hydrogen) atoms. The Morgan fingerprint density at radius 1 is 0.917 bits per heavy atom. The summed E-state index contributed by atoms with van der Waals surface area (Å²) in [6.45, 7) is 2.29. The van der Waals surface area contributed by atoms with Crippen molar-refractivity contribution in [2.75, 3.05) is 19.8 Å². The average molecular weight is 170 g/mol. The molecule has 2 rings (SSSR count). The summed E-state index contributed by atoms with van der Waals surface area (Å²) in [5.41, 5.74) is 0. The van der Waals surface area contributed by atoms with Gasteiger partial charge in [0.2, 0.25) is 0 Å². The van der Waals surface area contributed by atoms with Gasteiger partial charge in [0, 0.05) is 0 Å². The molecular formula is C9H14O3. The Kier molecular flexibility index (Phi) is 5.33. The summed E-state index contributed by atoms with van der Waals surface area (Å²) in [7, 11) is 0. The van der Waals surface area contributed by atoms with E-state index in [0.717, 1.165) is 32.7 Å². The fraction of sp³-hybridized carbons (Fsp3) is 0.556. The molecule has 0 unspecified atom stereocenters. The molecule has 0 aromatic rings. The summed E-state index contributed by atoms with van der Waals surface area (Å²) in [5, 5.41) is 0. The number of ether oxygens (including phenoxy) is 1. The molecule has 0 aromatic heterocycles. The first-order chi connectivity index (χ1) is 6.00. The van der Waals surface area contributed by atoms with Gasteiger partial charge in [0.25, 0.3) is 0 Å². The molecule has 0 saturated carbocycles. The van der Waals surface area contributed by atoms with Gasteiger partial charge in [-0.2, -0.15) is 0 Å². The molecule has 0 aliphatic carbocycles. The van der Waals surface area contributed by atoms with E-state index in [9.17, 15) is 0 Å². The summed E-state index contributed by atoms with van der Waals surface area (Å²) in [6, 6.07) is 0. The van der Waals surface area contributed by atoms with Gasteiger partial charge in [-0.1, -0.05) is 6.08 Å². The maximum Gasteiger partial charge on any atom is 0.106 e. The first kappa shape index (κ1) is 9.29. The van der Waals surface area contributed by atoms with Crippen molar-refractivity contribution in [3.05, 3.63) is 24.5 Å². The third-order valence-electron chi connectivity index (χ3n) is 1.40. The number of allylic oxidation sites excluding steroid dienone is 2. The average Bonchev–Trinajstić information content (AvgIpc) is 2.24. The zero-order chi connectivity index (χ0) is 8.49. The molecular weight excluding hydrogens is 156 g/mol.